The quantitative estimate of drug-likeness (QED) is 0.741. The molecule has 0 aliphatic heterocycles. The van der Waals surface area contributed by atoms with Crippen molar-refractivity contribution in [2.75, 3.05) is 0 Å². The van der Waals surface area contributed by atoms with Crippen molar-refractivity contribution in [2.24, 2.45) is 5.73 Å². The average molecular weight is 284 g/mol. The van der Waals surface area contributed by atoms with Gasteiger partial charge in [-0.2, -0.15) is 0 Å². The van der Waals surface area contributed by atoms with E-state index in [9.17, 15) is 9.59 Å². The van der Waals surface area contributed by atoms with Gasteiger partial charge < -0.3 is 16.2 Å². The molecule has 1 rings (SSSR count). The summed E-state index contributed by atoms with van der Waals surface area (Å²) in [5, 5.41) is 11.4. The molecule has 0 saturated heterocycles. The number of nitrogens with one attached hydrogen (secondary N) is 1. The van der Waals surface area contributed by atoms with Crippen molar-refractivity contribution >= 4 is 23.2 Å². The van der Waals surface area contributed by atoms with Gasteiger partial charge in [0.05, 0.1) is 12.1 Å². The van der Waals surface area contributed by atoms with E-state index in [2.05, 4.69) is 5.32 Å². The summed E-state index contributed by atoms with van der Waals surface area (Å²) in [6, 6.07) is 1.15. The van der Waals surface area contributed by atoms with Gasteiger partial charge in [-0.15, -0.1) is 11.3 Å². The number of carboxylic acid groups (broad SMARTS) is 1. The molecule has 19 heavy (non-hydrogen) atoms. The van der Waals surface area contributed by atoms with Gasteiger partial charge in [0.2, 0.25) is 5.91 Å². The number of hydrogen-bond donors (Lipinski definition) is 3. The van der Waals surface area contributed by atoms with Crippen molar-refractivity contribution in [3.05, 3.63) is 21.4 Å². The maximum Gasteiger partial charge on any atom is 0.303 e. The van der Waals surface area contributed by atoms with Crippen molar-refractivity contribution in [1.29, 1.82) is 0 Å². The van der Waals surface area contributed by atoms with Crippen LogP contribution in [0, 0.1) is 13.8 Å². The number of nitrogens with two attached hydrogens (primary N) is 1. The normalized spacial score (nSPS) is 13.9. The van der Waals surface area contributed by atoms with E-state index in [0.29, 0.717) is 0 Å². The first kappa shape index (κ1) is 15.7. The fourth-order valence-corrected chi connectivity index (χ4v) is 2.91. The molecule has 6 heteroatoms. The van der Waals surface area contributed by atoms with Crippen LogP contribution in [0.25, 0.3) is 0 Å². The molecular weight excluding hydrogens is 264 g/mol. The topological polar surface area (TPSA) is 92.4 Å². The van der Waals surface area contributed by atoms with E-state index in [1.165, 1.54) is 9.75 Å². The molecule has 2 unspecified atom stereocenters. The highest BCUT2D eigenvalue weighted by Crippen LogP contribution is 2.26. The molecule has 0 fully saturated rings. The number of rotatable bonds is 6. The zero-order chi connectivity index (χ0) is 14.6. The second kappa shape index (κ2) is 6.68. The Morgan fingerprint density at radius 1 is 1.47 bits per heavy atom. The van der Waals surface area contributed by atoms with Crippen LogP contribution in [-0.4, -0.2) is 23.0 Å². The highest BCUT2D eigenvalue weighted by Gasteiger charge is 2.19. The largest absolute Gasteiger partial charge is 0.481 e. The van der Waals surface area contributed by atoms with Gasteiger partial charge in [0, 0.05) is 16.2 Å². The van der Waals surface area contributed by atoms with Gasteiger partial charge in [-0.3, -0.25) is 9.59 Å². The Morgan fingerprint density at radius 3 is 2.58 bits per heavy atom. The van der Waals surface area contributed by atoms with Crippen molar-refractivity contribution in [1.82, 2.24) is 5.32 Å². The molecule has 5 nitrogen and oxygen atoms in total. The monoisotopic (exact) mass is 284 g/mol. The molecule has 1 aromatic rings. The van der Waals surface area contributed by atoms with Crippen LogP contribution in [0.5, 0.6) is 0 Å². The van der Waals surface area contributed by atoms with Crippen LogP contribution in [0.1, 0.15) is 41.1 Å². The Morgan fingerprint density at radius 2 is 2.11 bits per heavy atom. The summed E-state index contributed by atoms with van der Waals surface area (Å²) in [6.07, 6.45) is 0.0507. The molecular formula is C13H20N2O3S. The lowest BCUT2D eigenvalue weighted by atomic mass is 10.1. The molecule has 0 aliphatic rings. The summed E-state index contributed by atoms with van der Waals surface area (Å²) in [5.74, 6) is -1.25. The standard InChI is InChI=1S/C13H20N2O3S/c1-7-6-10(9(3)19-7)8(2)15-13(18)11(14)4-5-12(16)17/h6,8,11H,4-5,14H2,1-3H3,(H,15,18)(H,16,17). The van der Waals surface area contributed by atoms with Crippen LogP contribution < -0.4 is 11.1 Å². The van der Waals surface area contributed by atoms with Crippen LogP contribution >= 0.6 is 11.3 Å². The third-order valence-corrected chi connectivity index (χ3v) is 3.89. The van der Waals surface area contributed by atoms with Crippen LogP contribution in [0.4, 0.5) is 0 Å². The number of amides is 1. The molecule has 1 amide bonds. The molecule has 4 N–H and O–H groups in total. The first-order valence-corrected chi connectivity index (χ1v) is 6.97. The first-order valence-electron chi connectivity index (χ1n) is 6.16. The Balaban J connectivity index is 2.56. The first-order chi connectivity index (χ1) is 8.81. The van der Waals surface area contributed by atoms with E-state index in [1.54, 1.807) is 11.3 Å². The van der Waals surface area contributed by atoms with Crippen LogP contribution in [0.3, 0.4) is 0 Å². The lowest BCUT2D eigenvalue weighted by Crippen LogP contribution is -2.41. The second-order valence-electron chi connectivity index (χ2n) is 4.64. The summed E-state index contributed by atoms with van der Waals surface area (Å²) in [6.45, 7) is 5.94. The van der Waals surface area contributed by atoms with Crippen LogP contribution in [-0.2, 0) is 9.59 Å². The zero-order valence-corrected chi connectivity index (χ0v) is 12.2. The van der Waals surface area contributed by atoms with Gasteiger partial charge in [-0.05, 0) is 38.8 Å². The van der Waals surface area contributed by atoms with Gasteiger partial charge >= 0.3 is 5.97 Å². The molecule has 1 heterocycles. The van der Waals surface area contributed by atoms with Crippen LogP contribution in [0.15, 0.2) is 6.07 Å². The molecule has 0 radical (unpaired) electrons. The minimum Gasteiger partial charge on any atom is -0.481 e. The van der Waals surface area contributed by atoms with Gasteiger partial charge in [-0.25, -0.2) is 0 Å². The van der Waals surface area contributed by atoms with Gasteiger partial charge in [-0.1, -0.05) is 0 Å². The molecule has 2 atom stereocenters. The molecule has 0 bridgehead atoms. The number of aliphatic carboxylic acids is 1. The van der Waals surface area contributed by atoms with E-state index in [-0.39, 0.29) is 24.8 Å². The summed E-state index contributed by atoms with van der Waals surface area (Å²) >= 11 is 1.69. The smallest absolute Gasteiger partial charge is 0.303 e. The minimum atomic E-state index is -0.944. The van der Waals surface area contributed by atoms with Crippen molar-refractivity contribution in [2.45, 2.75) is 45.7 Å². The lowest BCUT2D eigenvalue weighted by molar-refractivity contribution is -0.137. The van der Waals surface area contributed by atoms with E-state index in [0.717, 1.165) is 5.56 Å². The van der Waals surface area contributed by atoms with Gasteiger partial charge in [0.25, 0.3) is 0 Å². The third-order valence-electron chi connectivity index (χ3n) is 2.91. The highest BCUT2D eigenvalue weighted by atomic mass is 32.1. The van der Waals surface area contributed by atoms with E-state index >= 15 is 0 Å². The minimum absolute atomic E-state index is 0.0977. The van der Waals surface area contributed by atoms with E-state index < -0.39 is 12.0 Å². The molecule has 0 saturated carbocycles. The summed E-state index contributed by atoms with van der Waals surface area (Å²) in [5.41, 5.74) is 6.75. The summed E-state index contributed by atoms with van der Waals surface area (Å²) < 4.78 is 0. The second-order valence-corrected chi connectivity index (χ2v) is 6.10. The van der Waals surface area contributed by atoms with E-state index in [1.807, 2.05) is 26.8 Å². The summed E-state index contributed by atoms with van der Waals surface area (Å²) in [4.78, 5) is 24.6. The Hall–Kier alpha value is -1.40. The van der Waals surface area contributed by atoms with Crippen molar-refractivity contribution in [3.8, 4) is 0 Å². The molecule has 0 spiro atoms. The maximum absolute atomic E-state index is 11.8. The molecule has 1 aromatic heterocycles. The predicted molar refractivity (Wildman–Crippen MR) is 75.2 cm³/mol. The number of carbonyl (C=O) groups is 2. The average Bonchev–Trinajstić information content (AvgIpc) is 2.65. The number of thiophene rings is 1. The Labute approximate surface area is 116 Å². The fourth-order valence-electron chi connectivity index (χ4n) is 1.89. The molecule has 0 aromatic carbocycles. The predicted octanol–water partition coefficient (Wildman–Crippen LogP) is 1.73. The number of hydrogen-bond acceptors (Lipinski definition) is 4. The van der Waals surface area contributed by atoms with Crippen molar-refractivity contribution in [3.63, 3.8) is 0 Å². The van der Waals surface area contributed by atoms with Crippen LogP contribution in [0.2, 0.25) is 0 Å². The zero-order valence-electron chi connectivity index (χ0n) is 11.4. The molecule has 0 aliphatic carbocycles. The Bertz CT molecular complexity index is 470. The van der Waals surface area contributed by atoms with Gasteiger partial charge in [0.1, 0.15) is 0 Å². The Kier molecular flexibility index (Phi) is 5.50. The SMILES string of the molecule is Cc1cc(C(C)NC(=O)C(N)CCC(=O)O)c(C)s1. The number of carbonyl (C=O) groups excluding carboxylic acids is 1. The lowest BCUT2D eigenvalue weighted by Gasteiger charge is -2.17. The fraction of sp³-hybridized carbons (Fsp3) is 0.538. The highest BCUT2D eigenvalue weighted by molar-refractivity contribution is 7.12. The molecule has 106 valence electrons. The number of carboxylic acids is 1. The van der Waals surface area contributed by atoms with Crippen molar-refractivity contribution < 1.29 is 14.7 Å². The maximum atomic E-state index is 11.8. The van der Waals surface area contributed by atoms with Gasteiger partial charge in [0.15, 0.2) is 0 Å². The number of aryl methyl sites for hydroxylation is 2. The third kappa shape index (κ3) is 4.65. The van der Waals surface area contributed by atoms with E-state index in [4.69, 9.17) is 10.8 Å². The summed E-state index contributed by atoms with van der Waals surface area (Å²) in [7, 11) is 0.